The maximum Gasteiger partial charge on any atom is 0.137 e. The Bertz CT molecular complexity index is 643. The molecule has 78 valence electrons. The fraction of sp³-hybridized carbons (Fsp3) is 0. The molecule has 1 aromatic carbocycles. The van der Waals surface area contributed by atoms with Crippen LogP contribution >= 0.6 is 0 Å². The van der Waals surface area contributed by atoms with E-state index in [0.29, 0.717) is 0 Å². The number of benzene rings is 1. The van der Waals surface area contributed by atoms with Crippen LogP contribution in [0.2, 0.25) is 0 Å². The molecule has 2 heterocycles. The van der Waals surface area contributed by atoms with Crippen molar-refractivity contribution in [2.24, 2.45) is 0 Å². The van der Waals surface area contributed by atoms with Crippen LogP contribution in [0.1, 0.15) is 0 Å². The largest absolute Gasteiger partial charge is 0.346 e. The summed E-state index contributed by atoms with van der Waals surface area (Å²) in [5, 5.41) is 1.01. The number of nitrogens with zero attached hydrogens (tertiary/aromatic N) is 1. The summed E-state index contributed by atoms with van der Waals surface area (Å²) >= 11 is 0. The van der Waals surface area contributed by atoms with E-state index in [4.69, 9.17) is 0 Å². The van der Waals surface area contributed by atoms with Gasteiger partial charge in [-0.3, -0.25) is 0 Å². The second-order valence-corrected chi connectivity index (χ2v) is 3.61. The molecule has 3 aromatic rings. The molecule has 0 unspecified atom stereocenters. The minimum atomic E-state index is -0.226. The van der Waals surface area contributed by atoms with Crippen LogP contribution in [0.3, 0.4) is 0 Å². The summed E-state index contributed by atoms with van der Waals surface area (Å²) in [5.74, 6) is -0.226. The van der Waals surface area contributed by atoms with Crippen molar-refractivity contribution in [1.82, 2.24) is 9.97 Å². The number of halogens is 1. The minimum absolute atomic E-state index is 0.226. The summed E-state index contributed by atoms with van der Waals surface area (Å²) in [6.07, 6.45) is 3.58. The van der Waals surface area contributed by atoms with Crippen molar-refractivity contribution < 1.29 is 4.39 Å². The van der Waals surface area contributed by atoms with Crippen molar-refractivity contribution in [2.75, 3.05) is 0 Å². The molecule has 0 radical (unpaired) electrons. The molecular weight excluding hydrogens is 203 g/mol. The summed E-state index contributed by atoms with van der Waals surface area (Å²) in [6, 6.07) is 10.4. The third-order valence-corrected chi connectivity index (χ3v) is 2.59. The van der Waals surface area contributed by atoms with Gasteiger partial charge in [0.05, 0.1) is 0 Å². The van der Waals surface area contributed by atoms with Crippen molar-refractivity contribution in [1.29, 1.82) is 0 Å². The number of nitrogens with one attached hydrogen (secondary N) is 1. The molecule has 0 amide bonds. The highest BCUT2D eigenvalue weighted by Crippen LogP contribution is 2.27. The average molecular weight is 212 g/mol. The Labute approximate surface area is 91.8 Å². The first-order valence-corrected chi connectivity index (χ1v) is 5.02. The van der Waals surface area contributed by atoms with Crippen LogP contribution in [0.4, 0.5) is 4.39 Å². The van der Waals surface area contributed by atoms with Gasteiger partial charge in [-0.25, -0.2) is 9.37 Å². The summed E-state index contributed by atoms with van der Waals surface area (Å²) in [6.45, 7) is 0. The fourth-order valence-corrected chi connectivity index (χ4v) is 1.85. The van der Waals surface area contributed by atoms with Gasteiger partial charge in [0.1, 0.15) is 11.5 Å². The van der Waals surface area contributed by atoms with Crippen LogP contribution in [0.5, 0.6) is 0 Å². The molecule has 0 fully saturated rings. The van der Waals surface area contributed by atoms with Crippen LogP contribution in [0, 0.1) is 5.82 Å². The Hall–Kier alpha value is -2.16. The highest BCUT2D eigenvalue weighted by atomic mass is 19.1. The molecule has 0 bridgehead atoms. The van der Waals surface area contributed by atoms with E-state index in [1.165, 1.54) is 12.1 Å². The Morgan fingerprint density at radius 3 is 2.94 bits per heavy atom. The van der Waals surface area contributed by atoms with E-state index in [1.54, 1.807) is 12.3 Å². The quantitative estimate of drug-likeness (QED) is 0.658. The lowest BCUT2D eigenvalue weighted by atomic mass is 10.1. The molecular formula is C13H9FN2. The standard InChI is InChI=1S/C13H9FN2/c14-10-4-1-3-9(7-10)12-8-16-13-11(12)5-2-6-15-13/h1-8H,(H,15,16). The average Bonchev–Trinajstić information content (AvgIpc) is 2.72. The van der Waals surface area contributed by atoms with E-state index in [0.717, 1.165) is 22.2 Å². The van der Waals surface area contributed by atoms with Gasteiger partial charge in [-0.2, -0.15) is 0 Å². The Morgan fingerprint density at radius 1 is 1.12 bits per heavy atom. The van der Waals surface area contributed by atoms with Gasteiger partial charge >= 0.3 is 0 Å². The van der Waals surface area contributed by atoms with Crippen LogP contribution in [-0.4, -0.2) is 9.97 Å². The first-order chi connectivity index (χ1) is 7.84. The number of pyridine rings is 1. The van der Waals surface area contributed by atoms with Gasteiger partial charge in [-0.05, 0) is 29.8 Å². The van der Waals surface area contributed by atoms with Gasteiger partial charge in [0, 0.05) is 23.3 Å². The van der Waals surface area contributed by atoms with Crippen molar-refractivity contribution in [3.05, 3.63) is 54.6 Å². The molecule has 0 aliphatic heterocycles. The highest BCUT2D eigenvalue weighted by molar-refractivity contribution is 5.93. The zero-order valence-electron chi connectivity index (χ0n) is 8.44. The zero-order chi connectivity index (χ0) is 11.0. The molecule has 0 saturated heterocycles. The molecule has 3 heteroatoms. The number of H-pyrrole nitrogens is 1. The van der Waals surface area contributed by atoms with E-state index in [9.17, 15) is 4.39 Å². The number of rotatable bonds is 1. The van der Waals surface area contributed by atoms with Crippen LogP contribution < -0.4 is 0 Å². The predicted molar refractivity (Wildman–Crippen MR) is 61.5 cm³/mol. The van der Waals surface area contributed by atoms with E-state index in [-0.39, 0.29) is 5.82 Å². The number of hydrogen-bond donors (Lipinski definition) is 1. The lowest BCUT2D eigenvalue weighted by Gasteiger charge is -1.98. The molecule has 2 nitrogen and oxygen atoms in total. The number of hydrogen-bond acceptors (Lipinski definition) is 1. The van der Waals surface area contributed by atoms with Gasteiger partial charge in [0.2, 0.25) is 0 Å². The summed E-state index contributed by atoms with van der Waals surface area (Å²) in [5.41, 5.74) is 2.66. The lowest BCUT2D eigenvalue weighted by molar-refractivity contribution is 0.628. The SMILES string of the molecule is Fc1cccc(-c2c[nH]c3ncccc23)c1. The van der Waals surface area contributed by atoms with Gasteiger partial charge in [0.25, 0.3) is 0 Å². The zero-order valence-corrected chi connectivity index (χ0v) is 8.44. The molecule has 2 aromatic heterocycles. The van der Waals surface area contributed by atoms with Crippen molar-refractivity contribution in [3.8, 4) is 11.1 Å². The van der Waals surface area contributed by atoms with Crippen LogP contribution in [0.25, 0.3) is 22.2 Å². The maximum absolute atomic E-state index is 13.1. The fourth-order valence-electron chi connectivity index (χ4n) is 1.85. The minimum Gasteiger partial charge on any atom is -0.346 e. The summed E-state index contributed by atoms with van der Waals surface area (Å²) < 4.78 is 13.1. The van der Waals surface area contributed by atoms with Crippen molar-refractivity contribution in [3.63, 3.8) is 0 Å². The van der Waals surface area contributed by atoms with Gasteiger partial charge in [-0.1, -0.05) is 12.1 Å². The van der Waals surface area contributed by atoms with Crippen LogP contribution in [-0.2, 0) is 0 Å². The van der Waals surface area contributed by atoms with E-state index < -0.39 is 0 Å². The van der Waals surface area contributed by atoms with Gasteiger partial charge < -0.3 is 4.98 Å². The molecule has 0 saturated carbocycles. The van der Waals surface area contributed by atoms with Crippen molar-refractivity contribution >= 4 is 11.0 Å². The lowest BCUT2D eigenvalue weighted by Crippen LogP contribution is -1.78. The Kier molecular flexibility index (Phi) is 1.96. The second kappa shape index (κ2) is 3.45. The van der Waals surface area contributed by atoms with E-state index >= 15 is 0 Å². The topological polar surface area (TPSA) is 28.7 Å². The molecule has 1 N–H and O–H groups in total. The molecule has 0 aliphatic carbocycles. The third kappa shape index (κ3) is 1.37. The van der Waals surface area contributed by atoms with Gasteiger partial charge in [-0.15, -0.1) is 0 Å². The monoisotopic (exact) mass is 212 g/mol. The van der Waals surface area contributed by atoms with E-state index in [2.05, 4.69) is 9.97 Å². The molecule has 0 atom stereocenters. The Balaban J connectivity index is 2.26. The smallest absolute Gasteiger partial charge is 0.137 e. The molecule has 0 spiro atoms. The normalized spacial score (nSPS) is 10.8. The summed E-state index contributed by atoms with van der Waals surface area (Å²) in [7, 11) is 0. The maximum atomic E-state index is 13.1. The number of aromatic amines is 1. The van der Waals surface area contributed by atoms with Gasteiger partial charge in [0.15, 0.2) is 0 Å². The van der Waals surface area contributed by atoms with E-state index in [1.807, 2.05) is 24.4 Å². The number of fused-ring (bicyclic) bond motifs is 1. The first-order valence-electron chi connectivity index (χ1n) is 5.02. The molecule has 16 heavy (non-hydrogen) atoms. The second-order valence-electron chi connectivity index (χ2n) is 3.61. The predicted octanol–water partition coefficient (Wildman–Crippen LogP) is 3.37. The third-order valence-electron chi connectivity index (χ3n) is 2.59. The summed E-state index contributed by atoms with van der Waals surface area (Å²) in [4.78, 5) is 7.27. The highest BCUT2D eigenvalue weighted by Gasteiger charge is 2.06. The molecule has 3 rings (SSSR count). The first kappa shape index (κ1) is 9.09. The molecule has 0 aliphatic rings. The van der Waals surface area contributed by atoms with Crippen molar-refractivity contribution in [2.45, 2.75) is 0 Å². The Morgan fingerprint density at radius 2 is 2.06 bits per heavy atom. The number of aromatic nitrogens is 2. The van der Waals surface area contributed by atoms with Crippen LogP contribution in [0.15, 0.2) is 48.8 Å².